The summed E-state index contributed by atoms with van der Waals surface area (Å²) in [5.41, 5.74) is 5.25. The highest BCUT2D eigenvalue weighted by Gasteiger charge is 2.19. The van der Waals surface area contributed by atoms with Gasteiger partial charge in [0.05, 0.1) is 0 Å². The Morgan fingerprint density at radius 3 is 2.79 bits per heavy atom. The van der Waals surface area contributed by atoms with Crippen LogP contribution >= 0.6 is 11.6 Å². The summed E-state index contributed by atoms with van der Waals surface area (Å²) < 4.78 is 13.3. The SMILES string of the molecule is CNC(C(N)=O)c1cc(Cl)ccc1F. The van der Waals surface area contributed by atoms with E-state index in [-0.39, 0.29) is 5.56 Å². The lowest BCUT2D eigenvalue weighted by Gasteiger charge is -2.13. The van der Waals surface area contributed by atoms with Gasteiger partial charge in [-0.05, 0) is 25.2 Å². The monoisotopic (exact) mass is 216 g/mol. The van der Waals surface area contributed by atoms with Crippen molar-refractivity contribution < 1.29 is 9.18 Å². The number of nitrogens with two attached hydrogens (primary N) is 1. The van der Waals surface area contributed by atoms with Gasteiger partial charge in [-0.2, -0.15) is 0 Å². The molecule has 76 valence electrons. The first-order chi connectivity index (χ1) is 6.56. The minimum Gasteiger partial charge on any atom is -0.368 e. The number of primary amides is 1. The third-order valence-corrected chi connectivity index (χ3v) is 2.08. The van der Waals surface area contributed by atoms with Gasteiger partial charge in [0.25, 0.3) is 0 Å². The van der Waals surface area contributed by atoms with Crippen LogP contribution in [0.4, 0.5) is 4.39 Å². The summed E-state index contributed by atoms with van der Waals surface area (Å²) in [4.78, 5) is 10.9. The molecule has 0 aliphatic heterocycles. The predicted octanol–water partition coefficient (Wildman–Crippen LogP) is 1.22. The Morgan fingerprint density at radius 2 is 2.29 bits per heavy atom. The molecule has 0 radical (unpaired) electrons. The van der Waals surface area contributed by atoms with Crippen molar-refractivity contribution in [3.05, 3.63) is 34.6 Å². The predicted molar refractivity (Wildman–Crippen MR) is 52.4 cm³/mol. The largest absolute Gasteiger partial charge is 0.368 e. The average molecular weight is 217 g/mol. The van der Waals surface area contributed by atoms with Crippen LogP contribution in [0.15, 0.2) is 18.2 Å². The Labute approximate surface area is 86.0 Å². The second-order valence-corrected chi connectivity index (χ2v) is 3.23. The molecule has 0 fully saturated rings. The molecule has 1 aromatic carbocycles. The Kier molecular flexibility index (Phi) is 3.43. The minimum atomic E-state index is -0.853. The molecule has 0 saturated heterocycles. The van der Waals surface area contributed by atoms with Crippen LogP contribution in [-0.4, -0.2) is 13.0 Å². The second-order valence-electron chi connectivity index (χ2n) is 2.79. The van der Waals surface area contributed by atoms with Gasteiger partial charge in [-0.15, -0.1) is 0 Å². The Bertz CT molecular complexity index is 357. The molecule has 0 heterocycles. The minimum absolute atomic E-state index is 0.160. The number of benzene rings is 1. The third-order valence-electron chi connectivity index (χ3n) is 1.84. The van der Waals surface area contributed by atoms with E-state index in [4.69, 9.17) is 17.3 Å². The second kappa shape index (κ2) is 4.39. The van der Waals surface area contributed by atoms with Crippen molar-refractivity contribution in [1.82, 2.24) is 5.32 Å². The van der Waals surface area contributed by atoms with E-state index in [2.05, 4.69) is 5.32 Å². The van der Waals surface area contributed by atoms with E-state index < -0.39 is 17.8 Å². The maximum atomic E-state index is 13.3. The lowest BCUT2D eigenvalue weighted by molar-refractivity contribution is -0.120. The molecule has 1 amide bonds. The van der Waals surface area contributed by atoms with Crippen LogP contribution in [0.1, 0.15) is 11.6 Å². The van der Waals surface area contributed by atoms with Crippen LogP contribution in [-0.2, 0) is 4.79 Å². The van der Waals surface area contributed by atoms with Crippen molar-refractivity contribution in [2.45, 2.75) is 6.04 Å². The number of carbonyl (C=O) groups is 1. The molecule has 14 heavy (non-hydrogen) atoms. The molecule has 0 aliphatic carbocycles. The first kappa shape index (κ1) is 10.9. The van der Waals surface area contributed by atoms with Crippen LogP contribution < -0.4 is 11.1 Å². The zero-order valence-corrected chi connectivity index (χ0v) is 8.31. The van der Waals surface area contributed by atoms with Gasteiger partial charge in [-0.3, -0.25) is 4.79 Å². The van der Waals surface area contributed by atoms with Crippen molar-refractivity contribution in [1.29, 1.82) is 0 Å². The summed E-state index contributed by atoms with van der Waals surface area (Å²) in [7, 11) is 1.52. The number of halogens is 2. The third kappa shape index (κ3) is 2.21. The zero-order valence-electron chi connectivity index (χ0n) is 7.55. The quantitative estimate of drug-likeness (QED) is 0.799. The van der Waals surface area contributed by atoms with E-state index in [0.717, 1.165) is 0 Å². The molecule has 0 aromatic heterocycles. The Morgan fingerprint density at radius 1 is 1.64 bits per heavy atom. The average Bonchev–Trinajstić information content (AvgIpc) is 2.11. The highest BCUT2D eigenvalue weighted by Crippen LogP contribution is 2.20. The molecular formula is C9H10ClFN2O. The fraction of sp³-hybridized carbons (Fsp3) is 0.222. The molecule has 1 atom stereocenters. The van der Waals surface area contributed by atoms with E-state index in [9.17, 15) is 9.18 Å². The number of nitrogens with one attached hydrogen (secondary N) is 1. The van der Waals surface area contributed by atoms with E-state index in [1.54, 1.807) is 0 Å². The van der Waals surface area contributed by atoms with E-state index in [0.29, 0.717) is 5.02 Å². The van der Waals surface area contributed by atoms with Gasteiger partial charge in [0.2, 0.25) is 5.91 Å². The standard InChI is InChI=1S/C9H10ClFN2O/c1-13-8(9(12)14)6-4-5(10)2-3-7(6)11/h2-4,8,13H,1H3,(H2,12,14). The van der Waals surface area contributed by atoms with Crippen LogP contribution in [0, 0.1) is 5.82 Å². The smallest absolute Gasteiger partial charge is 0.239 e. The molecule has 1 aromatic rings. The number of rotatable bonds is 3. The first-order valence-corrected chi connectivity index (χ1v) is 4.35. The molecule has 3 nitrogen and oxygen atoms in total. The van der Waals surface area contributed by atoms with E-state index in [1.165, 1.54) is 25.2 Å². The fourth-order valence-electron chi connectivity index (χ4n) is 1.19. The highest BCUT2D eigenvalue weighted by molar-refractivity contribution is 6.30. The van der Waals surface area contributed by atoms with Gasteiger partial charge in [-0.25, -0.2) is 4.39 Å². The highest BCUT2D eigenvalue weighted by atomic mass is 35.5. The van der Waals surface area contributed by atoms with Crippen molar-refractivity contribution in [2.75, 3.05) is 7.05 Å². The topological polar surface area (TPSA) is 55.1 Å². The van der Waals surface area contributed by atoms with Crippen LogP contribution in [0.25, 0.3) is 0 Å². The van der Waals surface area contributed by atoms with E-state index in [1.807, 2.05) is 0 Å². The molecule has 1 rings (SSSR count). The molecule has 1 unspecified atom stereocenters. The molecule has 0 spiro atoms. The van der Waals surface area contributed by atoms with Gasteiger partial charge >= 0.3 is 0 Å². The number of hydrogen-bond acceptors (Lipinski definition) is 2. The zero-order chi connectivity index (χ0) is 10.7. The van der Waals surface area contributed by atoms with Crippen LogP contribution in [0.5, 0.6) is 0 Å². The summed E-state index contributed by atoms with van der Waals surface area (Å²) in [6, 6.07) is 3.13. The Hall–Kier alpha value is -1.13. The van der Waals surface area contributed by atoms with Crippen molar-refractivity contribution >= 4 is 17.5 Å². The number of hydrogen-bond donors (Lipinski definition) is 2. The van der Waals surface area contributed by atoms with Gasteiger partial charge in [0.15, 0.2) is 0 Å². The van der Waals surface area contributed by atoms with Gasteiger partial charge < -0.3 is 11.1 Å². The molecule has 0 aliphatic rings. The van der Waals surface area contributed by atoms with Crippen molar-refractivity contribution in [3.63, 3.8) is 0 Å². The number of carbonyl (C=O) groups excluding carboxylic acids is 1. The first-order valence-electron chi connectivity index (χ1n) is 3.97. The van der Waals surface area contributed by atoms with Gasteiger partial charge in [0.1, 0.15) is 11.9 Å². The molecular weight excluding hydrogens is 207 g/mol. The summed E-state index contributed by atoms with van der Waals surface area (Å²) in [6.07, 6.45) is 0. The lowest BCUT2D eigenvalue weighted by atomic mass is 10.1. The molecule has 5 heteroatoms. The summed E-state index contributed by atoms with van der Waals surface area (Å²) in [6.45, 7) is 0. The summed E-state index contributed by atoms with van der Waals surface area (Å²) >= 11 is 5.68. The van der Waals surface area contributed by atoms with Crippen LogP contribution in [0.2, 0.25) is 5.02 Å². The normalized spacial score (nSPS) is 12.5. The molecule has 3 N–H and O–H groups in total. The van der Waals surface area contributed by atoms with Gasteiger partial charge in [-0.1, -0.05) is 11.6 Å². The number of likely N-dealkylation sites (N-methyl/N-ethyl adjacent to an activating group) is 1. The molecule has 0 saturated carbocycles. The molecule has 0 bridgehead atoms. The maximum Gasteiger partial charge on any atom is 0.239 e. The summed E-state index contributed by atoms with van der Waals surface area (Å²) in [5, 5.41) is 2.98. The van der Waals surface area contributed by atoms with Gasteiger partial charge in [0, 0.05) is 10.6 Å². The van der Waals surface area contributed by atoms with Crippen molar-refractivity contribution in [2.24, 2.45) is 5.73 Å². The maximum absolute atomic E-state index is 13.3. The Balaban J connectivity index is 3.15. The van der Waals surface area contributed by atoms with Crippen LogP contribution in [0.3, 0.4) is 0 Å². The van der Waals surface area contributed by atoms with Crippen molar-refractivity contribution in [3.8, 4) is 0 Å². The number of amides is 1. The summed E-state index contributed by atoms with van der Waals surface area (Å²) in [5.74, 6) is -1.15. The fourth-order valence-corrected chi connectivity index (χ4v) is 1.37. The lowest BCUT2D eigenvalue weighted by Crippen LogP contribution is -2.31. The van der Waals surface area contributed by atoms with E-state index >= 15 is 0 Å².